The molecule has 22 heavy (non-hydrogen) atoms. The van der Waals surface area contributed by atoms with Gasteiger partial charge in [0.25, 0.3) is 0 Å². The average molecular weight is 307 g/mol. The van der Waals surface area contributed by atoms with Crippen LogP contribution >= 0.6 is 0 Å². The first-order chi connectivity index (χ1) is 10.6. The Morgan fingerprint density at radius 3 is 2.68 bits per heavy atom. The van der Waals surface area contributed by atoms with Gasteiger partial charge in [-0.15, -0.1) is 0 Å². The summed E-state index contributed by atoms with van der Waals surface area (Å²) in [4.78, 5) is 4.86. The zero-order valence-corrected chi connectivity index (χ0v) is 14.2. The third-order valence-corrected chi connectivity index (χ3v) is 4.38. The summed E-state index contributed by atoms with van der Waals surface area (Å²) in [6, 6.07) is 6.86. The lowest BCUT2D eigenvalue weighted by Crippen LogP contribution is -2.52. The minimum atomic E-state index is 0.216. The largest absolute Gasteiger partial charge is 0.493 e. The van der Waals surface area contributed by atoms with E-state index in [1.807, 2.05) is 13.0 Å². The molecule has 2 atom stereocenters. The summed E-state index contributed by atoms with van der Waals surface area (Å²) in [5.41, 5.74) is 7.29. The summed E-state index contributed by atoms with van der Waals surface area (Å²) >= 11 is 0. The fraction of sp³-hybridized carbons (Fsp3) is 0.647. The van der Waals surface area contributed by atoms with Gasteiger partial charge in [0.05, 0.1) is 13.7 Å². The molecule has 0 bridgehead atoms. The van der Waals surface area contributed by atoms with E-state index in [0.717, 1.165) is 31.1 Å². The van der Waals surface area contributed by atoms with Crippen LogP contribution in [0.1, 0.15) is 25.5 Å². The monoisotopic (exact) mass is 307 g/mol. The first-order valence-corrected chi connectivity index (χ1v) is 8.05. The molecule has 2 unspecified atom stereocenters. The highest BCUT2D eigenvalue weighted by molar-refractivity contribution is 5.44. The number of hydrogen-bond donors (Lipinski definition) is 1. The summed E-state index contributed by atoms with van der Waals surface area (Å²) < 4.78 is 11.1. The number of rotatable bonds is 6. The molecule has 1 aliphatic rings. The van der Waals surface area contributed by atoms with Crippen LogP contribution in [0, 0.1) is 0 Å². The SMILES string of the molecule is CCOc1ccc(C(CN)N2CCN(C)CC2C)cc1OC. The molecule has 2 rings (SSSR count). The Balaban J connectivity index is 2.23. The van der Waals surface area contributed by atoms with Crippen molar-refractivity contribution in [2.45, 2.75) is 25.9 Å². The molecule has 1 heterocycles. The molecule has 0 radical (unpaired) electrons. The molecule has 2 N–H and O–H groups in total. The van der Waals surface area contributed by atoms with Gasteiger partial charge < -0.3 is 20.1 Å². The van der Waals surface area contributed by atoms with E-state index >= 15 is 0 Å². The molecule has 0 amide bonds. The van der Waals surface area contributed by atoms with Crippen molar-refractivity contribution in [1.29, 1.82) is 0 Å². The van der Waals surface area contributed by atoms with Gasteiger partial charge in [0, 0.05) is 38.3 Å². The molecule has 0 aliphatic carbocycles. The Morgan fingerprint density at radius 1 is 1.32 bits per heavy atom. The van der Waals surface area contributed by atoms with Gasteiger partial charge in [-0.2, -0.15) is 0 Å². The molecule has 5 nitrogen and oxygen atoms in total. The van der Waals surface area contributed by atoms with Gasteiger partial charge in [-0.1, -0.05) is 6.07 Å². The van der Waals surface area contributed by atoms with E-state index in [-0.39, 0.29) is 6.04 Å². The maximum Gasteiger partial charge on any atom is 0.161 e. The molecule has 1 aromatic carbocycles. The van der Waals surface area contributed by atoms with Crippen LogP contribution in [0.5, 0.6) is 11.5 Å². The number of benzene rings is 1. The van der Waals surface area contributed by atoms with E-state index in [4.69, 9.17) is 15.2 Å². The van der Waals surface area contributed by atoms with E-state index in [1.165, 1.54) is 5.56 Å². The highest BCUT2D eigenvalue weighted by atomic mass is 16.5. The molecule has 0 saturated carbocycles. The number of methoxy groups -OCH3 is 1. The number of likely N-dealkylation sites (N-methyl/N-ethyl adjacent to an activating group) is 1. The van der Waals surface area contributed by atoms with Crippen LogP contribution < -0.4 is 15.2 Å². The molecule has 1 aliphatic heterocycles. The first kappa shape index (κ1) is 17.1. The summed E-state index contributed by atoms with van der Waals surface area (Å²) in [5.74, 6) is 1.57. The van der Waals surface area contributed by atoms with Crippen LogP contribution in [0.3, 0.4) is 0 Å². The zero-order valence-electron chi connectivity index (χ0n) is 14.2. The summed E-state index contributed by atoms with van der Waals surface area (Å²) in [7, 11) is 3.85. The quantitative estimate of drug-likeness (QED) is 0.867. The number of piperazine rings is 1. The van der Waals surface area contributed by atoms with Crippen LogP contribution in [0.4, 0.5) is 0 Å². The van der Waals surface area contributed by atoms with Gasteiger partial charge in [-0.05, 0) is 38.6 Å². The predicted molar refractivity (Wildman–Crippen MR) is 89.6 cm³/mol. The number of nitrogens with zero attached hydrogens (tertiary/aromatic N) is 2. The lowest BCUT2D eigenvalue weighted by Gasteiger charge is -2.42. The van der Waals surface area contributed by atoms with Crippen molar-refractivity contribution in [3.05, 3.63) is 23.8 Å². The molecular formula is C17H29N3O2. The third kappa shape index (κ3) is 3.72. The summed E-state index contributed by atoms with van der Waals surface area (Å²) in [5, 5.41) is 0. The fourth-order valence-electron chi connectivity index (χ4n) is 3.25. The van der Waals surface area contributed by atoms with Crippen molar-refractivity contribution in [2.75, 3.05) is 46.9 Å². The second-order valence-corrected chi connectivity index (χ2v) is 5.94. The second-order valence-electron chi connectivity index (χ2n) is 5.94. The van der Waals surface area contributed by atoms with Crippen molar-refractivity contribution >= 4 is 0 Å². The lowest BCUT2D eigenvalue weighted by atomic mass is 10.0. The molecule has 5 heteroatoms. The van der Waals surface area contributed by atoms with Crippen LogP contribution in [0.25, 0.3) is 0 Å². The van der Waals surface area contributed by atoms with Gasteiger partial charge >= 0.3 is 0 Å². The number of nitrogens with two attached hydrogens (primary N) is 1. The van der Waals surface area contributed by atoms with E-state index in [9.17, 15) is 0 Å². The van der Waals surface area contributed by atoms with E-state index in [2.05, 4.69) is 35.9 Å². The molecule has 1 aromatic rings. The fourth-order valence-corrected chi connectivity index (χ4v) is 3.25. The Morgan fingerprint density at radius 2 is 2.09 bits per heavy atom. The van der Waals surface area contributed by atoms with E-state index in [1.54, 1.807) is 7.11 Å². The Labute approximate surface area is 134 Å². The van der Waals surface area contributed by atoms with Crippen molar-refractivity contribution in [3.63, 3.8) is 0 Å². The molecular weight excluding hydrogens is 278 g/mol. The smallest absolute Gasteiger partial charge is 0.161 e. The summed E-state index contributed by atoms with van der Waals surface area (Å²) in [6.45, 7) is 8.66. The molecule has 1 fully saturated rings. The average Bonchev–Trinajstić information content (AvgIpc) is 2.51. The lowest BCUT2D eigenvalue weighted by molar-refractivity contribution is 0.0634. The van der Waals surface area contributed by atoms with Gasteiger partial charge in [0.2, 0.25) is 0 Å². The molecule has 1 saturated heterocycles. The van der Waals surface area contributed by atoms with E-state index in [0.29, 0.717) is 19.2 Å². The van der Waals surface area contributed by atoms with Crippen LogP contribution in [0.2, 0.25) is 0 Å². The van der Waals surface area contributed by atoms with Crippen molar-refractivity contribution in [3.8, 4) is 11.5 Å². The maximum atomic E-state index is 6.09. The Kier molecular flexibility index (Phi) is 6.06. The maximum absolute atomic E-state index is 6.09. The highest BCUT2D eigenvalue weighted by Crippen LogP contribution is 2.33. The van der Waals surface area contributed by atoms with Gasteiger partial charge in [-0.25, -0.2) is 0 Å². The minimum absolute atomic E-state index is 0.216. The summed E-state index contributed by atoms with van der Waals surface area (Å²) in [6.07, 6.45) is 0. The Bertz CT molecular complexity index is 481. The zero-order chi connectivity index (χ0) is 16.1. The van der Waals surface area contributed by atoms with Gasteiger partial charge in [0.15, 0.2) is 11.5 Å². The van der Waals surface area contributed by atoms with Crippen LogP contribution in [-0.4, -0.2) is 62.8 Å². The first-order valence-electron chi connectivity index (χ1n) is 8.05. The topological polar surface area (TPSA) is 51.0 Å². The van der Waals surface area contributed by atoms with E-state index < -0.39 is 0 Å². The van der Waals surface area contributed by atoms with Crippen molar-refractivity contribution in [2.24, 2.45) is 5.73 Å². The second kappa shape index (κ2) is 7.81. The normalized spacial score (nSPS) is 21.6. The number of ether oxygens (including phenoxy) is 2. The van der Waals surface area contributed by atoms with Gasteiger partial charge in [-0.3, -0.25) is 4.90 Å². The Hall–Kier alpha value is -1.30. The predicted octanol–water partition coefficient (Wildman–Crippen LogP) is 1.73. The third-order valence-electron chi connectivity index (χ3n) is 4.38. The van der Waals surface area contributed by atoms with Crippen molar-refractivity contribution < 1.29 is 9.47 Å². The van der Waals surface area contributed by atoms with Crippen LogP contribution in [0.15, 0.2) is 18.2 Å². The highest BCUT2D eigenvalue weighted by Gasteiger charge is 2.28. The minimum Gasteiger partial charge on any atom is -0.493 e. The van der Waals surface area contributed by atoms with Gasteiger partial charge in [0.1, 0.15) is 0 Å². The standard InChI is InChI=1S/C17H29N3O2/c1-5-22-16-7-6-14(10-17(16)21-4)15(11-18)20-9-8-19(3)12-13(20)2/h6-7,10,13,15H,5,8-9,11-12,18H2,1-4H3. The number of hydrogen-bond acceptors (Lipinski definition) is 5. The molecule has 124 valence electrons. The van der Waals surface area contributed by atoms with Crippen LogP contribution in [-0.2, 0) is 0 Å². The molecule has 0 spiro atoms. The molecule has 0 aromatic heterocycles. The van der Waals surface area contributed by atoms with Crippen molar-refractivity contribution in [1.82, 2.24) is 9.80 Å².